The maximum Gasteiger partial charge on any atom is 0.472 e. The molecule has 3 atom stereocenters. The van der Waals surface area contributed by atoms with Crippen LogP contribution in [0.4, 0.5) is 0 Å². The third-order valence-electron chi connectivity index (χ3n) is 9.38. The molecule has 4 N–H and O–H groups in total. The zero-order valence-corrected chi connectivity index (χ0v) is 36.9. The standard InChI is InChI=1S/C46H80NO10P/c1-3-5-7-9-11-13-15-17-19-20-21-22-24-26-28-30-32-34-36-38-45(49)57-42(40-55-58(52,53)56-41-43(47)46(50)51)39-54-44(48)37-35-33-31-29-27-25-23-18-16-14-12-10-8-6-4-2/h4,11,13,17,19,21-22,26,28,42-43H,2-3,5-10,12,14-16,18,20,23-25,27,29-41,47H2,1H3,(H,50,51)(H,52,53)/b13-11+,19-17+,22-21+,28-26+/t42-,43+/m1/s1. The van der Waals surface area contributed by atoms with Gasteiger partial charge in [0, 0.05) is 12.8 Å². The number of aliphatic carboxylic acids is 1. The van der Waals surface area contributed by atoms with Crippen molar-refractivity contribution in [2.75, 3.05) is 19.8 Å². The Morgan fingerprint density at radius 1 is 0.586 bits per heavy atom. The highest BCUT2D eigenvalue weighted by Gasteiger charge is 2.28. The number of rotatable bonds is 42. The molecular weight excluding hydrogens is 757 g/mol. The summed E-state index contributed by atoms with van der Waals surface area (Å²) in [6.07, 6.45) is 46.0. The minimum atomic E-state index is -4.73. The second kappa shape index (κ2) is 40.9. The van der Waals surface area contributed by atoms with Crippen LogP contribution in [-0.4, -0.2) is 59.9 Å². The zero-order valence-electron chi connectivity index (χ0n) is 36.0. The van der Waals surface area contributed by atoms with Gasteiger partial charge in [0.15, 0.2) is 6.10 Å². The van der Waals surface area contributed by atoms with Crippen LogP contribution in [0.25, 0.3) is 0 Å². The Balaban J connectivity index is 4.41. The van der Waals surface area contributed by atoms with Crippen molar-refractivity contribution in [2.24, 2.45) is 5.73 Å². The first-order valence-corrected chi connectivity index (χ1v) is 23.8. The fourth-order valence-corrected chi connectivity index (χ4v) is 6.63. The van der Waals surface area contributed by atoms with E-state index < -0.39 is 51.1 Å². The van der Waals surface area contributed by atoms with E-state index in [0.717, 1.165) is 64.2 Å². The molecule has 0 aliphatic rings. The minimum Gasteiger partial charge on any atom is -0.480 e. The maximum absolute atomic E-state index is 12.6. The Morgan fingerprint density at radius 2 is 1.00 bits per heavy atom. The molecule has 0 rings (SSSR count). The number of allylic oxidation sites excluding steroid dienone is 9. The van der Waals surface area contributed by atoms with Crippen LogP contribution in [0, 0.1) is 0 Å². The third-order valence-corrected chi connectivity index (χ3v) is 10.3. The number of carboxylic acid groups (broad SMARTS) is 1. The summed E-state index contributed by atoms with van der Waals surface area (Å²) >= 11 is 0. The topological polar surface area (TPSA) is 172 Å². The maximum atomic E-state index is 12.6. The fourth-order valence-electron chi connectivity index (χ4n) is 5.85. The molecule has 0 heterocycles. The lowest BCUT2D eigenvalue weighted by Gasteiger charge is -2.20. The number of carbonyl (C=O) groups excluding carboxylic acids is 2. The van der Waals surface area contributed by atoms with Crippen LogP contribution in [0.2, 0.25) is 0 Å². The van der Waals surface area contributed by atoms with Crippen molar-refractivity contribution >= 4 is 25.7 Å². The molecule has 12 heteroatoms. The summed E-state index contributed by atoms with van der Waals surface area (Å²) in [4.78, 5) is 46.0. The van der Waals surface area contributed by atoms with Crippen molar-refractivity contribution in [3.05, 3.63) is 61.3 Å². The van der Waals surface area contributed by atoms with Crippen LogP contribution in [0.15, 0.2) is 61.3 Å². The summed E-state index contributed by atoms with van der Waals surface area (Å²) in [6, 6.07) is -1.53. The van der Waals surface area contributed by atoms with Gasteiger partial charge in [-0.1, -0.05) is 151 Å². The second-order valence-corrected chi connectivity index (χ2v) is 16.4. The van der Waals surface area contributed by atoms with Crippen molar-refractivity contribution in [2.45, 2.75) is 192 Å². The molecule has 0 fully saturated rings. The second-order valence-electron chi connectivity index (χ2n) is 14.9. The zero-order chi connectivity index (χ0) is 42.8. The first-order chi connectivity index (χ1) is 28.1. The van der Waals surface area contributed by atoms with Crippen LogP contribution in [0.5, 0.6) is 0 Å². The van der Waals surface area contributed by atoms with E-state index >= 15 is 0 Å². The van der Waals surface area contributed by atoms with Gasteiger partial charge in [0.2, 0.25) is 0 Å². The molecule has 334 valence electrons. The van der Waals surface area contributed by atoms with Gasteiger partial charge in [-0.3, -0.25) is 23.4 Å². The Bertz CT molecular complexity index is 1200. The number of unbranched alkanes of at least 4 members (excludes halogenated alkanes) is 19. The van der Waals surface area contributed by atoms with Gasteiger partial charge in [0.1, 0.15) is 12.6 Å². The molecule has 0 aromatic carbocycles. The van der Waals surface area contributed by atoms with Crippen LogP contribution < -0.4 is 5.73 Å². The summed E-state index contributed by atoms with van der Waals surface area (Å²) < 4.78 is 32.7. The number of ether oxygens (including phenoxy) is 2. The van der Waals surface area contributed by atoms with Crippen molar-refractivity contribution in [1.29, 1.82) is 0 Å². The van der Waals surface area contributed by atoms with Crippen molar-refractivity contribution in [1.82, 2.24) is 0 Å². The van der Waals surface area contributed by atoms with Crippen LogP contribution in [-0.2, 0) is 37.5 Å². The van der Waals surface area contributed by atoms with Gasteiger partial charge in [0.25, 0.3) is 0 Å². The van der Waals surface area contributed by atoms with E-state index in [2.05, 4.69) is 66.6 Å². The highest BCUT2D eigenvalue weighted by Crippen LogP contribution is 2.43. The molecule has 0 bridgehead atoms. The molecule has 0 radical (unpaired) electrons. The van der Waals surface area contributed by atoms with Gasteiger partial charge < -0.3 is 25.2 Å². The van der Waals surface area contributed by atoms with Crippen LogP contribution in [0.1, 0.15) is 180 Å². The molecule has 0 aliphatic heterocycles. The van der Waals surface area contributed by atoms with Gasteiger partial charge >= 0.3 is 25.7 Å². The number of hydrogen-bond donors (Lipinski definition) is 3. The largest absolute Gasteiger partial charge is 0.480 e. The Morgan fingerprint density at radius 3 is 1.50 bits per heavy atom. The molecule has 11 nitrogen and oxygen atoms in total. The number of hydrogen-bond acceptors (Lipinski definition) is 9. The lowest BCUT2D eigenvalue weighted by molar-refractivity contribution is -0.161. The molecule has 0 aromatic rings. The number of nitrogens with two attached hydrogens (primary N) is 1. The van der Waals surface area contributed by atoms with Crippen molar-refractivity contribution in [3.63, 3.8) is 0 Å². The van der Waals surface area contributed by atoms with E-state index in [4.69, 9.17) is 24.8 Å². The summed E-state index contributed by atoms with van der Waals surface area (Å²) in [5.41, 5.74) is 5.33. The molecular formula is C46H80NO10P. The van der Waals surface area contributed by atoms with Crippen molar-refractivity contribution < 1.29 is 47.5 Å². The van der Waals surface area contributed by atoms with Gasteiger partial charge in [-0.2, -0.15) is 0 Å². The van der Waals surface area contributed by atoms with E-state index in [1.807, 2.05) is 6.08 Å². The smallest absolute Gasteiger partial charge is 0.472 e. The number of phosphoric acid groups is 1. The van der Waals surface area contributed by atoms with Gasteiger partial charge in [-0.05, 0) is 70.6 Å². The summed E-state index contributed by atoms with van der Waals surface area (Å²) in [6.45, 7) is 4.26. The third kappa shape index (κ3) is 40.0. The van der Waals surface area contributed by atoms with E-state index in [9.17, 15) is 23.8 Å². The monoisotopic (exact) mass is 838 g/mol. The van der Waals surface area contributed by atoms with Crippen molar-refractivity contribution in [3.8, 4) is 0 Å². The van der Waals surface area contributed by atoms with E-state index in [1.54, 1.807) is 0 Å². The highest BCUT2D eigenvalue weighted by molar-refractivity contribution is 7.47. The molecule has 1 unspecified atom stereocenters. The number of carbonyl (C=O) groups is 3. The summed E-state index contributed by atoms with van der Waals surface area (Å²) in [7, 11) is -4.73. The molecule has 58 heavy (non-hydrogen) atoms. The molecule has 0 aliphatic carbocycles. The van der Waals surface area contributed by atoms with Crippen LogP contribution >= 0.6 is 7.82 Å². The number of phosphoric ester groups is 1. The number of esters is 2. The fraction of sp³-hybridized carbons (Fsp3) is 0.717. The first-order valence-electron chi connectivity index (χ1n) is 22.3. The lowest BCUT2D eigenvalue weighted by atomic mass is 10.0. The predicted octanol–water partition coefficient (Wildman–Crippen LogP) is 12.0. The number of carboxylic acids is 1. The predicted molar refractivity (Wildman–Crippen MR) is 235 cm³/mol. The molecule has 0 saturated heterocycles. The van der Waals surface area contributed by atoms with Gasteiger partial charge in [-0.15, -0.1) is 6.58 Å². The van der Waals surface area contributed by atoms with E-state index in [1.165, 1.54) is 83.5 Å². The summed E-state index contributed by atoms with van der Waals surface area (Å²) in [5, 5.41) is 8.89. The molecule has 0 aromatic heterocycles. The minimum absolute atomic E-state index is 0.121. The molecule has 0 saturated carbocycles. The molecule has 0 amide bonds. The summed E-state index contributed by atoms with van der Waals surface area (Å²) in [5.74, 6) is -2.42. The van der Waals surface area contributed by atoms with Gasteiger partial charge in [-0.25, -0.2) is 4.57 Å². The van der Waals surface area contributed by atoms with E-state index in [-0.39, 0.29) is 19.4 Å². The molecule has 0 spiro atoms. The lowest BCUT2D eigenvalue weighted by Crippen LogP contribution is -2.34. The average molecular weight is 838 g/mol. The quantitative estimate of drug-likeness (QED) is 0.0231. The Kier molecular flexibility index (Phi) is 38.9. The Labute approximate surface area is 351 Å². The first kappa shape index (κ1) is 55.2. The van der Waals surface area contributed by atoms with E-state index in [0.29, 0.717) is 12.8 Å². The van der Waals surface area contributed by atoms with Crippen LogP contribution in [0.3, 0.4) is 0 Å². The average Bonchev–Trinajstić information content (AvgIpc) is 3.20. The SMILES string of the molecule is C=CCCCCCCCCCCCCCCCC(=O)OC[C@H](COP(=O)(O)OC[C@H](N)C(=O)O)OC(=O)CCCCC/C=C/C/C=C/C/C=C/C/C=C/CCCCC. The van der Waals surface area contributed by atoms with Gasteiger partial charge in [0.05, 0.1) is 13.2 Å². The highest BCUT2D eigenvalue weighted by atomic mass is 31.2. The Hall–Kier alpha value is -2.82. The normalized spacial score (nSPS) is 14.1.